The summed E-state index contributed by atoms with van der Waals surface area (Å²) in [6.07, 6.45) is 5.61. The molecule has 3 heterocycles. The summed E-state index contributed by atoms with van der Waals surface area (Å²) in [6.45, 7) is 5.28. The summed E-state index contributed by atoms with van der Waals surface area (Å²) in [5.74, 6) is 1.79. The lowest BCUT2D eigenvalue weighted by molar-refractivity contribution is 0.185. The Balaban J connectivity index is 1.86. The van der Waals surface area contributed by atoms with E-state index in [0.29, 0.717) is 5.69 Å². The molecule has 2 aromatic heterocycles. The Labute approximate surface area is 163 Å². The normalized spacial score (nSPS) is 21.2. The summed E-state index contributed by atoms with van der Waals surface area (Å²) >= 11 is 0. The van der Waals surface area contributed by atoms with Gasteiger partial charge in [0.15, 0.2) is 5.82 Å². The van der Waals surface area contributed by atoms with E-state index in [2.05, 4.69) is 21.3 Å². The predicted molar refractivity (Wildman–Crippen MR) is 103 cm³/mol. The van der Waals surface area contributed by atoms with E-state index >= 15 is 0 Å². The number of piperidine rings is 1. The molecule has 1 saturated heterocycles. The molecule has 0 spiro atoms. The van der Waals surface area contributed by atoms with Crippen LogP contribution in [0.15, 0.2) is 6.20 Å². The number of sulfonamides is 1. The zero-order valence-electron chi connectivity index (χ0n) is 16.0. The van der Waals surface area contributed by atoms with E-state index in [1.165, 1.54) is 17.6 Å². The molecule has 152 valence electrons. The predicted octanol–water partition coefficient (Wildman–Crippen LogP) is 2.15. The summed E-state index contributed by atoms with van der Waals surface area (Å²) in [5.41, 5.74) is 0.840. The molecule has 1 aliphatic rings. The molecule has 10 heteroatoms. The van der Waals surface area contributed by atoms with Gasteiger partial charge in [-0.15, -0.1) is 11.5 Å². The Hall–Kier alpha value is -2.25. The lowest BCUT2D eigenvalue weighted by Gasteiger charge is -2.34. The topological polar surface area (TPSA) is 79.6 Å². The van der Waals surface area contributed by atoms with Crippen LogP contribution >= 0.6 is 0 Å². The molecule has 1 aliphatic heterocycles. The van der Waals surface area contributed by atoms with Crippen molar-refractivity contribution in [2.45, 2.75) is 45.3 Å². The van der Waals surface area contributed by atoms with Gasteiger partial charge in [-0.2, -0.15) is 4.31 Å². The number of hydrogen-bond acceptors (Lipinski definition) is 5. The molecule has 0 unspecified atom stereocenters. The standard InChI is InChI=1S/C18H23F2N5O2S/c1-5-12-16(20)15-9-21-18(23-25(15)17(12)11(3)4)22-14-7-8-24(10-13(14)19)28(26,27)6-2/h1,9,11,13-14H,6-8,10H2,2-4H3,(H,22,23)/t13-,14-/m1/s1. The smallest absolute Gasteiger partial charge is 0.241 e. The van der Waals surface area contributed by atoms with Gasteiger partial charge in [0.05, 0.1) is 29.2 Å². The second-order valence-corrected chi connectivity index (χ2v) is 9.32. The van der Waals surface area contributed by atoms with Crippen LogP contribution in [0.5, 0.6) is 0 Å². The third-order valence-electron chi connectivity index (χ3n) is 4.93. The fourth-order valence-corrected chi connectivity index (χ4v) is 4.53. The van der Waals surface area contributed by atoms with Crippen molar-refractivity contribution in [2.75, 3.05) is 24.2 Å². The number of halogens is 2. The highest BCUT2D eigenvalue weighted by Gasteiger charge is 2.34. The first kappa shape index (κ1) is 20.5. The van der Waals surface area contributed by atoms with Gasteiger partial charge in [0, 0.05) is 13.1 Å². The quantitative estimate of drug-likeness (QED) is 0.763. The van der Waals surface area contributed by atoms with Gasteiger partial charge >= 0.3 is 0 Å². The number of hydrogen-bond donors (Lipinski definition) is 1. The first-order chi connectivity index (χ1) is 13.2. The van der Waals surface area contributed by atoms with Gasteiger partial charge in [0.1, 0.15) is 11.7 Å². The summed E-state index contributed by atoms with van der Waals surface area (Å²) in [6, 6.07) is -0.643. The van der Waals surface area contributed by atoms with Gasteiger partial charge < -0.3 is 5.32 Å². The number of terminal acetylenes is 1. The lowest BCUT2D eigenvalue weighted by Crippen LogP contribution is -2.50. The number of fused-ring (bicyclic) bond motifs is 1. The number of nitrogens with zero attached hydrogens (tertiary/aromatic N) is 4. The van der Waals surface area contributed by atoms with Crippen LogP contribution in [0.1, 0.15) is 44.4 Å². The molecule has 2 atom stereocenters. The molecule has 1 N–H and O–H groups in total. The van der Waals surface area contributed by atoms with E-state index in [4.69, 9.17) is 6.42 Å². The minimum atomic E-state index is -3.43. The molecule has 0 saturated carbocycles. The average molecular weight is 411 g/mol. The number of alkyl halides is 1. The molecule has 0 aromatic carbocycles. The first-order valence-corrected chi connectivity index (χ1v) is 10.7. The van der Waals surface area contributed by atoms with Crippen molar-refractivity contribution in [2.24, 2.45) is 0 Å². The van der Waals surface area contributed by atoms with Crippen LogP contribution in [0.25, 0.3) is 5.52 Å². The Morgan fingerprint density at radius 3 is 2.75 bits per heavy atom. The van der Waals surface area contributed by atoms with Crippen molar-refractivity contribution in [3.8, 4) is 12.3 Å². The van der Waals surface area contributed by atoms with Crippen molar-refractivity contribution < 1.29 is 17.2 Å². The van der Waals surface area contributed by atoms with Crippen LogP contribution in [-0.4, -0.2) is 58.4 Å². The highest BCUT2D eigenvalue weighted by molar-refractivity contribution is 7.89. The van der Waals surface area contributed by atoms with Crippen molar-refractivity contribution in [3.05, 3.63) is 23.3 Å². The minimum Gasteiger partial charge on any atom is -0.347 e. The molecular weight excluding hydrogens is 388 g/mol. The molecule has 7 nitrogen and oxygen atoms in total. The monoisotopic (exact) mass is 411 g/mol. The number of aromatic nitrogens is 3. The summed E-state index contributed by atoms with van der Waals surface area (Å²) in [4.78, 5) is 4.08. The van der Waals surface area contributed by atoms with Gasteiger partial charge in [0.2, 0.25) is 16.0 Å². The Morgan fingerprint density at radius 1 is 1.46 bits per heavy atom. The maximum atomic E-state index is 14.6. The lowest BCUT2D eigenvalue weighted by atomic mass is 10.1. The van der Waals surface area contributed by atoms with Crippen molar-refractivity contribution in [1.82, 2.24) is 18.9 Å². The second kappa shape index (κ2) is 7.64. The molecule has 1 fully saturated rings. The minimum absolute atomic E-state index is 0.0632. The zero-order chi connectivity index (χ0) is 20.6. The van der Waals surface area contributed by atoms with Crippen LogP contribution in [0.3, 0.4) is 0 Å². The average Bonchev–Trinajstić information content (AvgIpc) is 2.94. The van der Waals surface area contributed by atoms with Gasteiger partial charge in [-0.25, -0.2) is 26.7 Å². The van der Waals surface area contributed by atoms with Crippen LogP contribution in [0.2, 0.25) is 0 Å². The first-order valence-electron chi connectivity index (χ1n) is 9.11. The number of rotatable bonds is 5. The van der Waals surface area contributed by atoms with Crippen LogP contribution in [-0.2, 0) is 10.0 Å². The maximum absolute atomic E-state index is 14.6. The second-order valence-electron chi connectivity index (χ2n) is 7.07. The zero-order valence-corrected chi connectivity index (χ0v) is 16.8. The van der Waals surface area contributed by atoms with E-state index < -0.39 is 28.1 Å². The van der Waals surface area contributed by atoms with Gasteiger partial charge in [0.25, 0.3) is 0 Å². The largest absolute Gasteiger partial charge is 0.347 e. The number of anilines is 1. The molecule has 3 rings (SSSR count). The number of nitrogens with one attached hydrogen (secondary N) is 1. The molecular formula is C18H23F2N5O2S. The Kier molecular flexibility index (Phi) is 5.59. The van der Waals surface area contributed by atoms with E-state index in [9.17, 15) is 17.2 Å². The molecule has 28 heavy (non-hydrogen) atoms. The highest BCUT2D eigenvalue weighted by Crippen LogP contribution is 2.27. The molecule has 0 aliphatic carbocycles. The van der Waals surface area contributed by atoms with Crippen molar-refractivity contribution >= 4 is 21.5 Å². The van der Waals surface area contributed by atoms with Gasteiger partial charge in [-0.1, -0.05) is 19.8 Å². The summed E-state index contributed by atoms with van der Waals surface area (Å²) in [5, 5.41) is 7.21. The fourth-order valence-electron chi connectivity index (χ4n) is 3.41. The van der Waals surface area contributed by atoms with Crippen LogP contribution in [0, 0.1) is 18.2 Å². The van der Waals surface area contributed by atoms with Gasteiger partial charge in [-0.05, 0) is 19.3 Å². The Morgan fingerprint density at radius 2 is 2.18 bits per heavy atom. The SMILES string of the molecule is C#Cc1c(F)c2cnc(N[C@@H]3CCN(S(=O)(=O)CC)C[C@H]3F)nn2c1C(C)C. The van der Waals surface area contributed by atoms with Crippen LogP contribution in [0.4, 0.5) is 14.7 Å². The van der Waals surface area contributed by atoms with E-state index in [1.807, 2.05) is 13.8 Å². The fraction of sp³-hybridized carbons (Fsp3) is 0.556. The molecule has 0 radical (unpaired) electrons. The summed E-state index contributed by atoms with van der Waals surface area (Å²) in [7, 11) is -3.43. The highest BCUT2D eigenvalue weighted by atomic mass is 32.2. The van der Waals surface area contributed by atoms with E-state index in [-0.39, 0.29) is 48.2 Å². The van der Waals surface area contributed by atoms with E-state index in [0.717, 1.165) is 4.31 Å². The third kappa shape index (κ3) is 3.56. The molecule has 0 amide bonds. The van der Waals surface area contributed by atoms with Crippen LogP contribution < -0.4 is 5.32 Å². The summed E-state index contributed by atoms with van der Waals surface area (Å²) < 4.78 is 55.5. The molecule has 0 bridgehead atoms. The maximum Gasteiger partial charge on any atom is 0.241 e. The molecule has 2 aromatic rings. The van der Waals surface area contributed by atoms with E-state index in [1.54, 1.807) is 0 Å². The van der Waals surface area contributed by atoms with Gasteiger partial charge in [-0.3, -0.25) is 0 Å². The Bertz CT molecular complexity index is 1030. The van der Waals surface area contributed by atoms with Crippen molar-refractivity contribution in [3.63, 3.8) is 0 Å². The third-order valence-corrected chi connectivity index (χ3v) is 6.78. The van der Waals surface area contributed by atoms with Crippen molar-refractivity contribution in [1.29, 1.82) is 0 Å².